The monoisotopic (exact) mass is 400 g/mol. The summed E-state index contributed by atoms with van der Waals surface area (Å²) in [6, 6.07) is 13.4. The Hall–Kier alpha value is -3.00. The van der Waals surface area contributed by atoms with Crippen molar-refractivity contribution >= 4 is 23.8 Å². The summed E-state index contributed by atoms with van der Waals surface area (Å²) in [7, 11) is 1.61. The topological polar surface area (TPSA) is 63.1 Å². The number of methoxy groups -OCH3 is 1. The van der Waals surface area contributed by atoms with Crippen LogP contribution in [0, 0.1) is 10.6 Å². The third kappa shape index (κ3) is 4.28. The molecular formula is C20H21FN4O2S. The molecule has 0 saturated heterocycles. The Labute approximate surface area is 167 Å². The summed E-state index contributed by atoms with van der Waals surface area (Å²) < 4.78 is 20.6. The molecule has 8 heteroatoms. The number of carbonyl (C=O) groups excluding carboxylic acids is 1. The van der Waals surface area contributed by atoms with Gasteiger partial charge in [-0.3, -0.25) is 14.5 Å². The van der Waals surface area contributed by atoms with Crippen LogP contribution in [0.15, 0.2) is 48.5 Å². The van der Waals surface area contributed by atoms with Crippen LogP contribution < -0.4 is 9.64 Å². The maximum Gasteiger partial charge on any atom is 0.228 e. The second-order valence-electron chi connectivity index (χ2n) is 6.10. The number of hydrogen-bond acceptors (Lipinski definition) is 4. The number of amides is 1. The van der Waals surface area contributed by atoms with Crippen LogP contribution in [-0.4, -0.2) is 34.3 Å². The Morgan fingerprint density at radius 3 is 2.50 bits per heavy atom. The zero-order chi connectivity index (χ0) is 20.1. The number of nitrogens with one attached hydrogen (secondary N) is 1. The number of aromatic nitrogens is 3. The van der Waals surface area contributed by atoms with E-state index in [0.29, 0.717) is 29.4 Å². The predicted molar refractivity (Wildman–Crippen MR) is 108 cm³/mol. The fraction of sp³-hybridized carbons (Fsp3) is 0.250. The summed E-state index contributed by atoms with van der Waals surface area (Å²) in [6.45, 7) is 2.76. The van der Waals surface area contributed by atoms with Crippen LogP contribution in [0.4, 0.5) is 10.1 Å². The smallest absolute Gasteiger partial charge is 0.228 e. The van der Waals surface area contributed by atoms with E-state index in [0.717, 1.165) is 11.3 Å². The molecule has 2 aromatic carbocycles. The molecule has 0 atom stereocenters. The van der Waals surface area contributed by atoms with Gasteiger partial charge in [-0.15, -0.1) is 0 Å². The maximum atomic E-state index is 13.2. The minimum Gasteiger partial charge on any atom is -0.497 e. The summed E-state index contributed by atoms with van der Waals surface area (Å²) in [4.78, 5) is 14.4. The van der Waals surface area contributed by atoms with Gasteiger partial charge in [0.2, 0.25) is 5.91 Å². The Kier molecular flexibility index (Phi) is 6.20. The predicted octanol–water partition coefficient (Wildman–Crippen LogP) is 4.20. The summed E-state index contributed by atoms with van der Waals surface area (Å²) in [5.74, 6) is 1.00. The molecule has 0 aliphatic carbocycles. The number of ether oxygens (including phenoxy) is 1. The summed E-state index contributed by atoms with van der Waals surface area (Å²) in [5.41, 5.74) is 1.53. The first-order valence-electron chi connectivity index (χ1n) is 8.89. The molecule has 0 unspecified atom stereocenters. The quantitative estimate of drug-likeness (QED) is 0.604. The lowest BCUT2D eigenvalue weighted by atomic mass is 10.2. The first kappa shape index (κ1) is 19.8. The van der Waals surface area contributed by atoms with Gasteiger partial charge in [0.05, 0.1) is 7.11 Å². The number of benzene rings is 2. The van der Waals surface area contributed by atoms with Gasteiger partial charge in [0.15, 0.2) is 10.6 Å². The minimum absolute atomic E-state index is 0.0714. The SMILES string of the molecule is CCN(C(=O)CCn1c(-c2ccc(OC)cc2)n[nH]c1=S)c1ccc(F)cc1. The van der Waals surface area contributed by atoms with Gasteiger partial charge in [-0.05, 0) is 67.7 Å². The summed E-state index contributed by atoms with van der Waals surface area (Å²) in [6.07, 6.45) is 0.238. The molecule has 0 aliphatic rings. The van der Waals surface area contributed by atoms with Gasteiger partial charge in [0.25, 0.3) is 0 Å². The highest BCUT2D eigenvalue weighted by Crippen LogP contribution is 2.22. The standard InChI is InChI=1S/C20H21FN4O2S/c1-3-24(16-8-6-15(21)7-9-16)18(26)12-13-25-19(22-23-20(25)28)14-4-10-17(27-2)11-5-14/h4-11H,3,12-13H2,1-2H3,(H,23,28). The van der Waals surface area contributed by atoms with E-state index < -0.39 is 0 Å². The second kappa shape index (κ2) is 8.79. The van der Waals surface area contributed by atoms with Crippen molar-refractivity contribution < 1.29 is 13.9 Å². The Morgan fingerprint density at radius 1 is 1.21 bits per heavy atom. The van der Waals surface area contributed by atoms with Crippen LogP contribution in [0.2, 0.25) is 0 Å². The van der Waals surface area contributed by atoms with Crippen LogP contribution in [0.1, 0.15) is 13.3 Å². The zero-order valence-corrected chi connectivity index (χ0v) is 16.5. The van der Waals surface area contributed by atoms with Gasteiger partial charge in [-0.2, -0.15) is 5.10 Å². The van der Waals surface area contributed by atoms with Crippen molar-refractivity contribution in [3.8, 4) is 17.1 Å². The van der Waals surface area contributed by atoms with E-state index in [-0.39, 0.29) is 18.1 Å². The molecule has 0 fully saturated rings. The Morgan fingerprint density at radius 2 is 1.89 bits per heavy atom. The largest absolute Gasteiger partial charge is 0.497 e. The average Bonchev–Trinajstić information content (AvgIpc) is 3.09. The minimum atomic E-state index is -0.332. The maximum absolute atomic E-state index is 13.2. The van der Waals surface area contributed by atoms with Gasteiger partial charge in [0.1, 0.15) is 11.6 Å². The molecule has 3 rings (SSSR count). The highest BCUT2D eigenvalue weighted by molar-refractivity contribution is 7.71. The zero-order valence-electron chi connectivity index (χ0n) is 15.7. The molecule has 146 valence electrons. The molecule has 0 spiro atoms. The molecule has 1 amide bonds. The number of anilines is 1. The molecule has 3 aromatic rings. The summed E-state index contributed by atoms with van der Waals surface area (Å²) in [5, 5.41) is 7.08. The molecular weight excluding hydrogens is 379 g/mol. The number of aromatic amines is 1. The van der Waals surface area contributed by atoms with E-state index >= 15 is 0 Å². The van der Waals surface area contributed by atoms with Gasteiger partial charge in [-0.1, -0.05) is 0 Å². The Bertz CT molecular complexity index is 996. The third-order valence-corrected chi connectivity index (χ3v) is 4.72. The second-order valence-corrected chi connectivity index (χ2v) is 6.48. The van der Waals surface area contributed by atoms with Crippen LogP contribution in [0.5, 0.6) is 5.75 Å². The molecule has 6 nitrogen and oxygen atoms in total. The molecule has 28 heavy (non-hydrogen) atoms. The van der Waals surface area contributed by atoms with Crippen molar-refractivity contribution in [2.24, 2.45) is 0 Å². The van der Waals surface area contributed by atoms with Crippen molar-refractivity contribution in [3.63, 3.8) is 0 Å². The normalized spacial score (nSPS) is 10.7. The van der Waals surface area contributed by atoms with Crippen molar-refractivity contribution in [2.75, 3.05) is 18.6 Å². The molecule has 0 saturated carbocycles. The van der Waals surface area contributed by atoms with E-state index in [9.17, 15) is 9.18 Å². The lowest BCUT2D eigenvalue weighted by Crippen LogP contribution is -2.31. The van der Waals surface area contributed by atoms with Gasteiger partial charge in [-0.25, -0.2) is 4.39 Å². The van der Waals surface area contributed by atoms with Gasteiger partial charge >= 0.3 is 0 Å². The van der Waals surface area contributed by atoms with Crippen molar-refractivity contribution in [3.05, 3.63) is 59.1 Å². The molecule has 0 bridgehead atoms. The van der Waals surface area contributed by atoms with E-state index in [1.807, 2.05) is 31.2 Å². The number of nitrogens with zero attached hydrogens (tertiary/aromatic N) is 3. The highest BCUT2D eigenvalue weighted by Gasteiger charge is 2.16. The van der Waals surface area contributed by atoms with E-state index in [2.05, 4.69) is 10.2 Å². The molecule has 0 radical (unpaired) electrons. The van der Waals surface area contributed by atoms with E-state index in [4.69, 9.17) is 17.0 Å². The van der Waals surface area contributed by atoms with Crippen molar-refractivity contribution in [1.29, 1.82) is 0 Å². The van der Waals surface area contributed by atoms with Crippen LogP contribution in [0.25, 0.3) is 11.4 Å². The van der Waals surface area contributed by atoms with Crippen LogP contribution in [-0.2, 0) is 11.3 Å². The van der Waals surface area contributed by atoms with Crippen LogP contribution >= 0.6 is 12.2 Å². The Balaban J connectivity index is 1.76. The highest BCUT2D eigenvalue weighted by atomic mass is 32.1. The molecule has 1 aromatic heterocycles. The average molecular weight is 400 g/mol. The lowest BCUT2D eigenvalue weighted by molar-refractivity contribution is -0.118. The lowest BCUT2D eigenvalue weighted by Gasteiger charge is -2.21. The van der Waals surface area contributed by atoms with E-state index in [1.54, 1.807) is 28.7 Å². The number of H-pyrrole nitrogens is 1. The molecule has 0 aliphatic heterocycles. The van der Waals surface area contributed by atoms with Gasteiger partial charge in [0, 0.05) is 30.8 Å². The number of rotatable bonds is 7. The molecule has 1 heterocycles. The molecule has 1 N–H and O–H groups in total. The van der Waals surface area contributed by atoms with Crippen molar-refractivity contribution in [2.45, 2.75) is 19.9 Å². The van der Waals surface area contributed by atoms with Crippen LogP contribution in [0.3, 0.4) is 0 Å². The van der Waals surface area contributed by atoms with E-state index in [1.165, 1.54) is 12.1 Å². The fourth-order valence-electron chi connectivity index (χ4n) is 2.95. The fourth-order valence-corrected chi connectivity index (χ4v) is 3.18. The van der Waals surface area contributed by atoms with Gasteiger partial charge < -0.3 is 9.64 Å². The first-order valence-corrected chi connectivity index (χ1v) is 9.30. The number of hydrogen-bond donors (Lipinski definition) is 1. The third-order valence-electron chi connectivity index (χ3n) is 4.41. The summed E-state index contributed by atoms with van der Waals surface area (Å²) >= 11 is 5.33. The van der Waals surface area contributed by atoms with Crippen molar-refractivity contribution in [1.82, 2.24) is 14.8 Å². The number of halogens is 1. The number of carbonyl (C=O) groups is 1. The first-order chi connectivity index (χ1) is 13.5.